The predicted octanol–water partition coefficient (Wildman–Crippen LogP) is 2.89. The average molecular weight is 276 g/mol. The van der Waals surface area contributed by atoms with Gasteiger partial charge in [0.05, 0.1) is 12.7 Å². The molecule has 0 radical (unpaired) electrons. The zero-order chi connectivity index (χ0) is 13.8. The molecule has 4 heteroatoms. The van der Waals surface area contributed by atoms with Crippen LogP contribution in [-0.2, 0) is 6.54 Å². The lowest BCUT2D eigenvalue weighted by Crippen LogP contribution is -2.43. The molecule has 0 spiro atoms. The first-order valence-electron chi connectivity index (χ1n) is 6.58. The highest BCUT2D eigenvalue weighted by atomic mass is 32.2. The van der Waals surface area contributed by atoms with Gasteiger partial charge in [-0.2, -0.15) is 17.0 Å². The van der Waals surface area contributed by atoms with Crippen LogP contribution in [0.1, 0.15) is 25.0 Å². The van der Waals surface area contributed by atoms with E-state index in [4.69, 9.17) is 10.00 Å². The Kier molecular flexibility index (Phi) is 4.73. The Labute approximate surface area is 119 Å². The molecule has 1 aromatic carbocycles. The Bertz CT molecular complexity index is 484. The number of thioether (sulfide) groups is 1. The van der Waals surface area contributed by atoms with Crippen molar-refractivity contribution >= 4 is 11.8 Å². The molecule has 0 N–H and O–H groups in total. The number of hydrogen-bond acceptors (Lipinski definition) is 4. The SMILES string of the molecule is COc1ccc(CN2CCSC(C)C2C)cc1C#N. The lowest BCUT2D eigenvalue weighted by molar-refractivity contribution is 0.204. The van der Waals surface area contributed by atoms with Gasteiger partial charge in [0.1, 0.15) is 11.8 Å². The maximum Gasteiger partial charge on any atom is 0.136 e. The average Bonchev–Trinajstić information content (AvgIpc) is 2.43. The molecule has 0 bridgehead atoms. The molecule has 0 aliphatic carbocycles. The van der Waals surface area contributed by atoms with Crippen molar-refractivity contribution in [1.82, 2.24) is 4.90 Å². The molecule has 0 amide bonds. The summed E-state index contributed by atoms with van der Waals surface area (Å²) in [5, 5.41) is 9.80. The largest absolute Gasteiger partial charge is 0.495 e. The molecule has 2 rings (SSSR count). The second-order valence-corrected chi connectivity index (χ2v) is 6.42. The molecule has 2 unspecified atom stereocenters. The molecule has 1 heterocycles. The maximum absolute atomic E-state index is 9.13. The van der Waals surface area contributed by atoms with Crippen LogP contribution in [0.2, 0.25) is 0 Å². The van der Waals surface area contributed by atoms with Gasteiger partial charge in [-0.05, 0) is 24.6 Å². The topological polar surface area (TPSA) is 36.3 Å². The lowest BCUT2D eigenvalue weighted by Gasteiger charge is -2.37. The van der Waals surface area contributed by atoms with Gasteiger partial charge in [-0.3, -0.25) is 4.90 Å². The normalized spacial score (nSPS) is 23.9. The third-order valence-electron chi connectivity index (χ3n) is 3.78. The first-order chi connectivity index (χ1) is 9.15. The molecule has 1 saturated heterocycles. The van der Waals surface area contributed by atoms with Gasteiger partial charge in [-0.25, -0.2) is 0 Å². The Hall–Kier alpha value is -1.18. The van der Waals surface area contributed by atoms with E-state index in [2.05, 4.69) is 30.9 Å². The van der Waals surface area contributed by atoms with Crippen LogP contribution >= 0.6 is 11.8 Å². The van der Waals surface area contributed by atoms with Crippen LogP contribution in [0.3, 0.4) is 0 Å². The van der Waals surface area contributed by atoms with Gasteiger partial charge in [-0.1, -0.05) is 13.0 Å². The standard InChI is InChI=1S/C15H20N2OS/c1-11-12(2)19-7-6-17(11)10-13-4-5-15(18-3)14(8-13)9-16/h4-5,8,11-12H,6-7,10H2,1-3H3. The fourth-order valence-corrected chi connectivity index (χ4v) is 3.56. The van der Waals surface area contributed by atoms with E-state index in [0.29, 0.717) is 22.6 Å². The van der Waals surface area contributed by atoms with E-state index in [-0.39, 0.29) is 0 Å². The van der Waals surface area contributed by atoms with Crippen molar-refractivity contribution in [3.8, 4) is 11.8 Å². The first-order valence-corrected chi connectivity index (χ1v) is 7.63. The lowest BCUT2D eigenvalue weighted by atomic mass is 10.1. The van der Waals surface area contributed by atoms with Crippen LogP contribution in [0, 0.1) is 11.3 Å². The zero-order valence-electron chi connectivity index (χ0n) is 11.7. The Morgan fingerprint density at radius 2 is 2.26 bits per heavy atom. The molecule has 0 saturated carbocycles. The van der Waals surface area contributed by atoms with E-state index in [0.717, 1.165) is 13.1 Å². The predicted molar refractivity (Wildman–Crippen MR) is 79.5 cm³/mol. The van der Waals surface area contributed by atoms with Crippen LogP contribution in [0.5, 0.6) is 5.75 Å². The van der Waals surface area contributed by atoms with E-state index in [1.807, 2.05) is 23.9 Å². The van der Waals surface area contributed by atoms with Crippen molar-refractivity contribution in [3.05, 3.63) is 29.3 Å². The second kappa shape index (κ2) is 6.31. The van der Waals surface area contributed by atoms with E-state index in [1.54, 1.807) is 7.11 Å². The summed E-state index contributed by atoms with van der Waals surface area (Å²) >= 11 is 2.04. The number of nitriles is 1. The summed E-state index contributed by atoms with van der Waals surface area (Å²) < 4.78 is 5.18. The molecule has 0 aromatic heterocycles. The Morgan fingerprint density at radius 3 is 2.95 bits per heavy atom. The number of methoxy groups -OCH3 is 1. The van der Waals surface area contributed by atoms with Crippen molar-refractivity contribution in [3.63, 3.8) is 0 Å². The highest BCUT2D eigenvalue weighted by molar-refractivity contribution is 8.00. The van der Waals surface area contributed by atoms with Gasteiger partial charge in [-0.15, -0.1) is 0 Å². The highest BCUT2D eigenvalue weighted by Crippen LogP contribution is 2.26. The van der Waals surface area contributed by atoms with Crippen LogP contribution < -0.4 is 4.74 Å². The minimum absolute atomic E-state index is 0.575. The second-order valence-electron chi connectivity index (χ2n) is 4.93. The molecule has 1 fully saturated rings. The van der Waals surface area contributed by atoms with Crippen molar-refractivity contribution in [2.24, 2.45) is 0 Å². The number of hydrogen-bond donors (Lipinski definition) is 0. The molecule has 19 heavy (non-hydrogen) atoms. The van der Waals surface area contributed by atoms with Crippen molar-refractivity contribution in [2.75, 3.05) is 19.4 Å². The number of ether oxygens (including phenoxy) is 1. The van der Waals surface area contributed by atoms with Gasteiger partial charge in [0.15, 0.2) is 0 Å². The molecule has 102 valence electrons. The minimum atomic E-state index is 0.575. The fourth-order valence-electron chi connectivity index (χ4n) is 2.39. The summed E-state index contributed by atoms with van der Waals surface area (Å²) in [5.41, 5.74) is 1.80. The van der Waals surface area contributed by atoms with E-state index >= 15 is 0 Å². The van der Waals surface area contributed by atoms with Crippen LogP contribution in [0.25, 0.3) is 0 Å². The summed E-state index contributed by atoms with van der Waals surface area (Å²) in [7, 11) is 1.60. The van der Waals surface area contributed by atoms with Crippen LogP contribution in [-0.4, -0.2) is 35.6 Å². The smallest absolute Gasteiger partial charge is 0.136 e. The monoisotopic (exact) mass is 276 g/mol. The molecule has 2 atom stereocenters. The van der Waals surface area contributed by atoms with Gasteiger partial charge in [0, 0.05) is 30.1 Å². The van der Waals surface area contributed by atoms with Gasteiger partial charge < -0.3 is 4.74 Å². The summed E-state index contributed by atoms with van der Waals surface area (Å²) in [4.78, 5) is 2.49. The van der Waals surface area contributed by atoms with Gasteiger partial charge in [0.2, 0.25) is 0 Å². The molecular formula is C15H20N2OS. The summed E-state index contributed by atoms with van der Waals surface area (Å²) in [6.07, 6.45) is 0. The van der Waals surface area contributed by atoms with Gasteiger partial charge >= 0.3 is 0 Å². The Balaban J connectivity index is 2.13. The van der Waals surface area contributed by atoms with Gasteiger partial charge in [0.25, 0.3) is 0 Å². The zero-order valence-corrected chi connectivity index (χ0v) is 12.5. The molecule has 1 aliphatic heterocycles. The quantitative estimate of drug-likeness (QED) is 0.850. The molecule has 1 aromatic rings. The summed E-state index contributed by atoms with van der Waals surface area (Å²) in [6, 6.07) is 8.66. The summed E-state index contributed by atoms with van der Waals surface area (Å²) in [6.45, 7) is 6.59. The highest BCUT2D eigenvalue weighted by Gasteiger charge is 2.25. The van der Waals surface area contributed by atoms with E-state index < -0.39 is 0 Å². The maximum atomic E-state index is 9.13. The van der Waals surface area contributed by atoms with E-state index in [1.165, 1.54) is 11.3 Å². The third kappa shape index (κ3) is 3.23. The minimum Gasteiger partial charge on any atom is -0.495 e. The fraction of sp³-hybridized carbons (Fsp3) is 0.533. The van der Waals surface area contributed by atoms with E-state index in [9.17, 15) is 0 Å². The van der Waals surface area contributed by atoms with Crippen molar-refractivity contribution in [2.45, 2.75) is 31.7 Å². The van der Waals surface area contributed by atoms with Crippen molar-refractivity contribution < 1.29 is 4.74 Å². The molecular weight excluding hydrogens is 256 g/mol. The number of nitrogens with zero attached hydrogens (tertiary/aromatic N) is 2. The summed E-state index contributed by atoms with van der Waals surface area (Å²) in [5.74, 6) is 1.84. The first kappa shape index (κ1) is 14.2. The molecule has 3 nitrogen and oxygen atoms in total. The third-order valence-corrected chi connectivity index (χ3v) is 5.12. The molecule has 1 aliphatic rings. The Morgan fingerprint density at radius 1 is 1.47 bits per heavy atom. The van der Waals surface area contributed by atoms with Crippen LogP contribution in [0.4, 0.5) is 0 Å². The van der Waals surface area contributed by atoms with Crippen LogP contribution in [0.15, 0.2) is 18.2 Å². The number of rotatable bonds is 3. The number of benzene rings is 1. The van der Waals surface area contributed by atoms with Crippen molar-refractivity contribution in [1.29, 1.82) is 5.26 Å².